The molecule has 1 atom stereocenters. The molecule has 1 heterocycles. The van der Waals surface area contributed by atoms with Crippen LogP contribution in [0, 0.1) is 5.82 Å². The van der Waals surface area contributed by atoms with E-state index in [1.807, 2.05) is 0 Å². The van der Waals surface area contributed by atoms with Gasteiger partial charge in [0.25, 0.3) is 0 Å². The Kier molecular flexibility index (Phi) is 3.55. The minimum atomic E-state index is -0.567. The van der Waals surface area contributed by atoms with Crippen molar-refractivity contribution in [2.45, 2.75) is 38.8 Å². The van der Waals surface area contributed by atoms with Crippen LogP contribution in [0.15, 0.2) is 29.4 Å². The van der Waals surface area contributed by atoms with Crippen LogP contribution < -0.4 is 0 Å². The van der Waals surface area contributed by atoms with Crippen LogP contribution in [-0.2, 0) is 4.74 Å². The van der Waals surface area contributed by atoms with Gasteiger partial charge in [-0.1, -0.05) is 12.1 Å². The first-order valence-electron chi connectivity index (χ1n) is 6.17. The second-order valence-electron chi connectivity index (χ2n) is 5.43. The molecule has 4 nitrogen and oxygen atoms in total. The Morgan fingerprint density at radius 2 is 2.00 bits per heavy atom. The van der Waals surface area contributed by atoms with Crippen molar-refractivity contribution in [2.24, 2.45) is 5.10 Å². The molecule has 1 aliphatic heterocycles. The van der Waals surface area contributed by atoms with Crippen molar-refractivity contribution in [3.8, 4) is 0 Å². The van der Waals surface area contributed by atoms with E-state index in [2.05, 4.69) is 5.10 Å². The Balaban J connectivity index is 2.14. The van der Waals surface area contributed by atoms with Crippen LogP contribution in [0.4, 0.5) is 9.18 Å². The first-order valence-corrected chi connectivity index (χ1v) is 6.17. The fourth-order valence-electron chi connectivity index (χ4n) is 1.86. The standard InChI is InChI=1S/C14H17FN2O2/c1-14(2,3)19-13(18)17-12(8-9-16-17)10-4-6-11(15)7-5-10/h4-7,9,12H,8H2,1-3H3. The fourth-order valence-corrected chi connectivity index (χ4v) is 1.86. The summed E-state index contributed by atoms with van der Waals surface area (Å²) in [5.74, 6) is -0.300. The lowest BCUT2D eigenvalue weighted by Crippen LogP contribution is -2.34. The van der Waals surface area contributed by atoms with Crippen molar-refractivity contribution in [2.75, 3.05) is 0 Å². The van der Waals surface area contributed by atoms with E-state index in [9.17, 15) is 9.18 Å². The molecule has 0 saturated heterocycles. The number of carbonyl (C=O) groups excluding carboxylic acids is 1. The summed E-state index contributed by atoms with van der Waals surface area (Å²) in [6.45, 7) is 5.41. The van der Waals surface area contributed by atoms with E-state index in [0.29, 0.717) is 6.42 Å². The van der Waals surface area contributed by atoms with Gasteiger partial charge in [-0.3, -0.25) is 0 Å². The minimum Gasteiger partial charge on any atom is -0.442 e. The summed E-state index contributed by atoms with van der Waals surface area (Å²) in [6.07, 6.45) is 1.78. The zero-order valence-electron chi connectivity index (χ0n) is 11.3. The molecule has 0 bridgehead atoms. The third-order valence-electron chi connectivity index (χ3n) is 2.67. The Hall–Kier alpha value is -1.91. The molecule has 1 unspecified atom stereocenters. The number of ether oxygens (including phenoxy) is 1. The van der Waals surface area contributed by atoms with E-state index in [1.165, 1.54) is 17.1 Å². The van der Waals surface area contributed by atoms with E-state index in [4.69, 9.17) is 4.74 Å². The molecule has 1 aromatic rings. The number of carbonyl (C=O) groups is 1. The lowest BCUT2D eigenvalue weighted by molar-refractivity contribution is 0.0195. The molecule has 0 saturated carbocycles. The zero-order valence-corrected chi connectivity index (χ0v) is 11.3. The summed E-state index contributed by atoms with van der Waals surface area (Å²) in [4.78, 5) is 12.0. The van der Waals surface area contributed by atoms with E-state index in [0.717, 1.165) is 5.56 Å². The van der Waals surface area contributed by atoms with Crippen LogP contribution in [-0.4, -0.2) is 22.9 Å². The van der Waals surface area contributed by atoms with Crippen molar-refractivity contribution in [1.29, 1.82) is 0 Å². The molecule has 0 N–H and O–H groups in total. The van der Waals surface area contributed by atoms with Crippen molar-refractivity contribution >= 4 is 12.3 Å². The summed E-state index contributed by atoms with van der Waals surface area (Å²) in [7, 11) is 0. The molecule has 19 heavy (non-hydrogen) atoms. The largest absolute Gasteiger partial charge is 0.442 e. The number of halogens is 1. The number of hydrogen-bond donors (Lipinski definition) is 0. The summed E-state index contributed by atoms with van der Waals surface area (Å²) in [6, 6.07) is 5.84. The van der Waals surface area contributed by atoms with Crippen LogP contribution in [0.25, 0.3) is 0 Å². The number of hydrazone groups is 1. The zero-order chi connectivity index (χ0) is 14.0. The van der Waals surface area contributed by atoms with Gasteiger partial charge in [-0.15, -0.1) is 0 Å². The van der Waals surface area contributed by atoms with E-state index >= 15 is 0 Å². The van der Waals surface area contributed by atoms with Gasteiger partial charge in [0.05, 0.1) is 6.04 Å². The van der Waals surface area contributed by atoms with Crippen molar-refractivity contribution in [3.05, 3.63) is 35.6 Å². The predicted octanol–water partition coefficient (Wildman–Crippen LogP) is 3.49. The monoisotopic (exact) mass is 264 g/mol. The van der Waals surface area contributed by atoms with Gasteiger partial charge in [0.2, 0.25) is 0 Å². The topological polar surface area (TPSA) is 41.9 Å². The summed E-state index contributed by atoms with van der Waals surface area (Å²) < 4.78 is 18.2. The third-order valence-corrected chi connectivity index (χ3v) is 2.67. The van der Waals surface area contributed by atoms with Gasteiger partial charge >= 0.3 is 6.09 Å². The smallest absolute Gasteiger partial charge is 0.431 e. The highest BCUT2D eigenvalue weighted by Crippen LogP contribution is 2.29. The Labute approximate surface area is 111 Å². The molecule has 0 fully saturated rings. The summed E-state index contributed by atoms with van der Waals surface area (Å²) in [5.41, 5.74) is 0.271. The quantitative estimate of drug-likeness (QED) is 0.779. The Morgan fingerprint density at radius 1 is 1.37 bits per heavy atom. The fraction of sp³-hybridized carbons (Fsp3) is 0.429. The van der Waals surface area contributed by atoms with Crippen molar-refractivity contribution in [1.82, 2.24) is 5.01 Å². The molecule has 102 valence electrons. The van der Waals surface area contributed by atoms with Crippen LogP contribution in [0.1, 0.15) is 38.8 Å². The lowest BCUT2D eigenvalue weighted by Gasteiger charge is -2.26. The van der Waals surface area contributed by atoms with Gasteiger partial charge in [0, 0.05) is 12.6 Å². The molecule has 0 spiro atoms. The first kappa shape index (κ1) is 13.5. The molecule has 2 rings (SSSR count). The SMILES string of the molecule is CC(C)(C)OC(=O)N1N=CCC1c1ccc(F)cc1. The molecule has 1 amide bonds. The van der Waals surface area contributed by atoms with Crippen LogP contribution in [0.2, 0.25) is 0 Å². The predicted molar refractivity (Wildman–Crippen MR) is 70.3 cm³/mol. The average Bonchev–Trinajstić information content (AvgIpc) is 2.76. The molecular formula is C14H17FN2O2. The van der Waals surface area contributed by atoms with Crippen LogP contribution in [0.5, 0.6) is 0 Å². The molecule has 0 radical (unpaired) electrons. The molecule has 1 aromatic carbocycles. The Morgan fingerprint density at radius 3 is 2.58 bits per heavy atom. The maximum atomic E-state index is 12.9. The van der Waals surface area contributed by atoms with Gasteiger partial charge in [-0.2, -0.15) is 10.1 Å². The first-order chi connectivity index (χ1) is 8.87. The van der Waals surface area contributed by atoms with Gasteiger partial charge in [-0.25, -0.2) is 9.18 Å². The molecule has 1 aliphatic rings. The highest BCUT2D eigenvalue weighted by Gasteiger charge is 2.31. The number of amides is 1. The average molecular weight is 264 g/mol. The molecule has 0 aromatic heterocycles. The number of rotatable bonds is 1. The second kappa shape index (κ2) is 4.99. The number of hydrogen-bond acceptors (Lipinski definition) is 3. The van der Waals surface area contributed by atoms with Gasteiger partial charge < -0.3 is 4.74 Å². The van der Waals surface area contributed by atoms with Gasteiger partial charge in [-0.05, 0) is 38.5 Å². The second-order valence-corrected chi connectivity index (χ2v) is 5.43. The van der Waals surface area contributed by atoms with Crippen LogP contribution >= 0.6 is 0 Å². The maximum Gasteiger partial charge on any atom is 0.431 e. The molecule has 0 aliphatic carbocycles. The summed E-state index contributed by atoms with van der Waals surface area (Å²) >= 11 is 0. The molecular weight excluding hydrogens is 247 g/mol. The van der Waals surface area contributed by atoms with E-state index in [-0.39, 0.29) is 11.9 Å². The third kappa shape index (κ3) is 3.30. The van der Waals surface area contributed by atoms with E-state index in [1.54, 1.807) is 39.1 Å². The van der Waals surface area contributed by atoms with Crippen molar-refractivity contribution < 1.29 is 13.9 Å². The Bertz CT molecular complexity index is 491. The minimum absolute atomic E-state index is 0.226. The van der Waals surface area contributed by atoms with Gasteiger partial charge in [0.15, 0.2) is 0 Å². The highest BCUT2D eigenvalue weighted by atomic mass is 19.1. The number of nitrogens with zero attached hydrogens (tertiary/aromatic N) is 2. The highest BCUT2D eigenvalue weighted by molar-refractivity contribution is 5.74. The van der Waals surface area contributed by atoms with Crippen LogP contribution in [0.3, 0.4) is 0 Å². The normalized spacial score (nSPS) is 18.7. The number of benzene rings is 1. The van der Waals surface area contributed by atoms with Crippen molar-refractivity contribution in [3.63, 3.8) is 0 Å². The lowest BCUT2D eigenvalue weighted by atomic mass is 10.0. The van der Waals surface area contributed by atoms with Gasteiger partial charge in [0.1, 0.15) is 11.4 Å². The molecule has 5 heteroatoms. The maximum absolute atomic E-state index is 12.9. The van der Waals surface area contributed by atoms with E-state index < -0.39 is 11.7 Å². The summed E-state index contributed by atoms with van der Waals surface area (Å²) in [5, 5.41) is 5.34.